The van der Waals surface area contributed by atoms with Crippen molar-refractivity contribution in [2.24, 2.45) is 23.7 Å². The first-order valence-corrected chi connectivity index (χ1v) is 17.9. The molecule has 4 aromatic carbocycles. The van der Waals surface area contributed by atoms with Crippen LogP contribution >= 0.6 is 9.24 Å². The van der Waals surface area contributed by atoms with Gasteiger partial charge >= 0.3 is 0 Å². The van der Waals surface area contributed by atoms with Gasteiger partial charge < -0.3 is 9.47 Å². The first kappa shape index (κ1) is 33.3. The molecule has 5 rings (SSSR count). The first-order valence-electron chi connectivity index (χ1n) is 17.4. The van der Waals surface area contributed by atoms with Crippen LogP contribution in [0.1, 0.15) is 77.2 Å². The Balaban J connectivity index is 0.948. The third kappa shape index (κ3) is 10.2. The predicted molar refractivity (Wildman–Crippen MR) is 196 cm³/mol. The number of rotatable bonds is 15. The van der Waals surface area contributed by atoms with Gasteiger partial charge in [-0.25, -0.2) is 0 Å². The molecule has 1 aliphatic carbocycles. The highest BCUT2D eigenvalue weighted by Crippen LogP contribution is 2.36. The van der Waals surface area contributed by atoms with E-state index in [1.54, 1.807) is 0 Å². The SMILES string of the molecule is CCC(CCOc1ccc(-c2ccc(P)cc2)cc1)C(C)CCC1CCC(CCOc2ccc(-c3ccc(C)cc3)cc2)CC1. The standard InChI is InChI=1S/C42H53O2P/c1-4-35(28-30-44-41-23-17-38(18-24-41)39-19-25-42(45)26-20-39)32(3)7-8-33-9-11-34(12-10-33)27-29-43-40-21-15-37(16-22-40)36-13-5-31(2)6-14-36/h5-6,13-26,32-35H,4,7-12,27-30,45H2,1-3H3. The Bertz CT molecular complexity index is 1400. The summed E-state index contributed by atoms with van der Waals surface area (Å²) in [6, 6.07) is 34.5. The van der Waals surface area contributed by atoms with Gasteiger partial charge in [0.15, 0.2) is 0 Å². The summed E-state index contributed by atoms with van der Waals surface area (Å²) in [4.78, 5) is 0. The van der Waals surface area contributed by atoms with Crippen LogP contribution in [0.3, 0.4) is 0 Å². The summed E-state index contributed by atoms with van der Waals surface area (Å²) in [5, 5.41) is 1.21. The second-order valence-corrected chi connectivity index (χ2v) is 14.1. The Kier molecular flexibility index (Phi) is 12.6. The molecule has 0 N–H and O–H groups in total. The van der Waals surface area contributed by atoms with Crippen molar-refractivity contribution in [2.75, 3.05) is 13.2 Å². The lowest BCUT2D eigenvalue weighted by Crippen LogP contribution is -2.19. The zero-order valence-corrected chi connectivity index (χ0v) is 28.9. The normalized spacial score (nSPS) is 17.9. The van der Waals surface area contributed by atoms with Gasteiger partial charge in [-0.3, -0.25) is 0 Å². The van der Waals surface area contributed by atoms with Crippen LogP contribution in [0.4, 0.5) is 0 Å². The van der Waals surface area contributed by atoms with Crippen molar-refractivity contribution in [2.45, 2.75) is 78.6 Å². The Morgan fingerprint density at radius 1 is 0.600 bits per heavy atom. The van der Waals surface area contributed by atoms with Crippen molar-refractivity contribution < 1.29 is 9.47 Å². The maximum atomic E-state index is 6.18. The van der Waals surface area contributed by atoms with Crippen molar-refractivity contribution in [3.05, 3.63) is 103 Å². The molecule has 0 saturated heterocycles. The largest absolute Gasteiger partial charge is 0.494 e. The molecule has 3 unspecified atom stereocenters. The Morgan fingerprint density at radius 2 is 1.04 bits per heavy atom. The molecular weight excluding hydrogens is 567 g/mol. The van der Waals surface area contributed by atoms with E-state index < -0.39 is 0 Å². The zero-order valence-electron chi connectivity index (χ0n) is 27.7. The maximum Gasteiger partial charge on any atom is 0.119 e. The number of benzene rings is 4. The van der Waals surface area contributed by atoms with Crippen molar-refractivity contribution in [1.29, 1.82) is 0 Å². The average Bonchev–Trinajstić information content (AvgIpc) is 3.07. The molecule has 3 heteroatoms. The van der Waals surface area contributed by atoms with E-state index in [1.165, 1.54) is 84.5 Å². The molecule has 1 aliphatic rings. The minimum atomic E-state index is 0.731. The van der Waals surface area contributed by atoms with Gasteiger partial charge in [0.25, 0.3) is 0 Å². The molecule has 4 aromatic rings. The van der Waals surface area contributed by atoms with Crippen LogP contribution in [-0.2, 0) is 0 Å². The number of ether oxygens (including phenoxy) is 2. The van der Waals surface area contributed by atoms with Crippen LogP contribution in [0.25, 0.3) is 22.3 Å². The average molecular weight is 621 g/mol. The van der Waals surface area contributed by atoms with Crippen LogP contribution in [0.5, 0.6) is 11.5 Å². The van der Waals surface area contributed by atoms with Crippen LogP contribution in [0.15, 0.2) is 97.1 Å². The second kappa shape index (κ2) is 17.0. The lowest BCUT2D eigenvalue weighted by molar-refractivity contribution is 0.191. The monoisotopic (exact) mass is 620 g/mol. The van der Waals surface area contributed by atoms with E-state index >= 15 is 0 Å². The second-order valence-electron chi connectivity index (χ2n) is 13.4. The van der Waals surface area contributed by atoms with E-state index in [2.05, 4.69) is 127 Å². The van der Waals surface area contributed by atoms with Crippen LogP contribution in [0, 0.1) is 30.6 Å². The maximum absolute atomic E-state index is 6.18. The predicted octanol–water partition coefficient (Wildman–Crippen LogP) is 11.3. The molecule has 0 spiro atoms. The lowest BCUT2D eigenvalue weighted by atomic mass is 9.76. The fourth-order valence-corrected chi connectivity index (χ4v) is 7.21. The zero-order chi connectivity index (χ0) is 31.4. The highest BCUT2D eigenvalue weighted by molar-refractivity contribution is 7.27. The van der Waals surface area contributed by atoms with Gasteiger partial charge in [-0.15, -0.1) is 9.24 Å². The van der Waals surface area contributed by atoms with Gasteiger partial charge in [-0.05, 0) is 95.3 Å². The molecule has 0 aromatic heterocycles. The molecule has 2 nitrogen and oxygen atoms in total. The summed E-state index contributed by atoms with van der Waals surface area (Å²) < 4.78 is 12.3. The van der Waals surface area contributed by atoms with E-state index in [0.29, 0.717) is 0 Å². The van der Waals surface area contributed by atoms with Gasteiger partial charge in [-0.1, -0.05) is 137 Å². The minimum Gasteiger partial charge on any atom is -0.494 e. The molecule has 1 saturated carbocycles. The summed E-state index contributed by atoms with van der Waals surface area (Å²) in [5.74, 6) is 5.16. The van der Waals surface area contributed by atoms with Gasteiger partial charge in [0.2, 0.25) is 0 Å². The van der Waals surface area contributed by atoms with Crippen LogP contribution < -0.4 is 14.8 Å². The third-order valence-electron chi connectivity index (χ3n) is 10.2. The van der Waals surface area contributed by atoms with Gasteiger partial charge in [0, 0.05) is 0 Å². The van der Waals surface area contributed by atoms with Crippen LogP contribution in [0.2, 0.25) is 0 Å². The van der Waals surface area contributed by atoms with E-state index in [-0.39, 0.29) is 0 Å². The lowest BCUT2D eigenvalue weighted by Gasteiger charge is -2.30. The Hall–Kier alpha value is -3.09. The number of aryl methyl sites for hydroxylation is 1. The molecule has 0 heterocycles. The summed E-state index contributed by atoms with van der Waals surface area (Å²) in [6.45, 7) is 8.57. The fourth-order valence-electron chi connectivity index (χ4n) is 7.01. The molecule has 0 bridgehead atoms. The summed E-state index contributed by atoms with van der Waals surface area (Å²) in [7, 11) is 2.74. The first-order chi connectivity index (χ1) is 22.0. The quantitative estimate of drug-likeness (QED) is 0.123. The van der Waals surface area contributed by atoms with Gasteiger partial charge in [0.1, 0.15) is 11.5 Å². The highest BCUT2D eigenvalue weighted by atomic mass is 31.0. The number of hydrogen-bond donors (Lipinski definition) is 0. The van der Waals surface area contributed by atoms with Crippen molar-refractivity contribution >= 4 is 14.5 Å². The van der Waals surface area contributed by atoms with Crippen molar-refractivity contribution in [3.63, 3.8) is 0 Å². The third-order valence-corrected chi connectivity index (χ3v) is 10.6. The van der Waals surface area contributed by atoms with Crippen molar-refractivity contribution in [1.82, 2.24) is 0 Å². The smallest absolute Gasteiger partial charge is 0.119 e. The van der Waals surface area contributed by atoms with E-state index in [9.17, 15) is 0 Å². The minimum absolute atomic E-state index is 0.731. The topological polar surface area (TPSA) is 18.5 Å². The Labute approximate surface area is 275 Å². The highest BCUT2D eigenvalue weighted by Gasteiger charge is 2.23. The molecule has 1 fully saturated rings. The summed E-state index contributed by atoms with van der Waals surface area (Å²) >= 11 is 0. The molecule has 0 aliphatic heterocycles. The van der Waals surface area contributed by atoms with E-state index in [1.807, 2.05) is 0 Å². The van der Waals surface area contributed by atoms with E-state index in [4.69, 9.17) is 9.47 Å². The summed E-state index contributed by atoms with van der Waals surface area (Å²) in [5.41, 5.74) is 6.27. The van der Waals surface area contributed by atoms with E-state index in [0.717, 1.165) is 54.8 Å². The molecule has 238 valence electrons. The van der Waals surface area contributed by atoms with Gasteiger partial charge in [-0.2, -0.15) is 0 Å². The Morgan fingerprint density at radius 3 is 1.56 bits per heavy atom. The molecule has 3 atom stereocenters. The molecule has 45 heavy (non-hydrogen) atoms. The summed E-state index contributed by atoms with van der Waals surface area (Å²) in [6.07, 6.45) is 11.8. The molecular formula is C42H53O2P. The molecule has 0 amide bonds. The van der Waals surface area contributed by atoms with Crippen LogP contribution in [-0.4, -0.2) is 13.2 Å². The fraction of sp³-hybridized carbons (Fsp3) is 0.429. The van der Waals surface area contributed by atoms with Crippen molar-refractivity contribution in [3.8, 4) is 33.8 Å². The number of hydrogen-bond acceptors (Lipinski definition) is 2. The molecule has 0 radical (unpaired) electrons. The van der Waals surface area contributed by atoms with Gasteiger partial charge in [0.05, 0.1) is 13.2 Å².